The number of aromatic nitrogens is 4. The zero-order valence-corrected chi connectivity index (χ0v) is 13.8. The van der Waals surface area contributed by atoms with Gasteiger partial charge in [0.2, 0.25) is 11.1 Å². The van der Waals surface area contributed by atoms with Gasteiger partial charge in [-0.05, 0) is 41.1 Å². The number of amides is 1. The van der Waals surface area contributed by atoms with Crippen molar-refractivity contribution >= 4 is 29.0 Å². The van der Waals surface area contributed by atoms with Crippen LogP contribution in [0.5, 0.6) is 0 Å². The van der Waals surface area contributed by atoms with E-state index in [9.17, 15) is 4.79 Å². The highest BCUT2D eigenvalue weighted by molar-refractivity contribution is 7.99. The van der Waals surface area contributed by atoms with E-state index in [-0.39, 0.29) is 11.7 Å². The Bertz CT molecular complexity index is 610. The van der Waals surface area contributed by atoms with E-state index in [1.165, 1.54) is 11.8 Å². The lowest BCUT2D eigenvalue weighted by atomic mass is 10.2. The smallest absolute Gasteiger partial charge is 0.234 e. The Labute approximate surface area is 134 Å². The van der Waals surface area contributed by atoms with Gasteiger partial charge in [-0.2, -0.15) is 0 Å². The summed E-state index contributed by atoms with van der Waals surface area (Å²) in [4.78, 5) is 14.0. The van der Waals surface area contributed by atoms with Gasteiger partial charge in [-0.3, -0.25) is 4.79 Å². The van der Waals surface area contributed by atoms with Crippen LogP contribution in [0.1, 0.15) is 13.3 Å². The van der Waals surface area contributed by atoms with Crippen LogP contribution in [0.2, 0.25) is 0 Å². The zero-order valence-electron chi connectivity index (χ0n) is 13.0. The third kappa shape index (κ3) is 4.45. The maximum absolute atomic E-state index is 12.0. The van der Waals surface area contributed by atoms with Crippen LogP contribution in [-0.4, -0.2) is 46.0 Å². The molecule has 0 radical (unpaired) electrons. The van der Waals surface area contributed by atoms with Gasteiger partial charge in [0.05, 0.1) is 5.75 Å². The quantitative estimate of drug-likeness (QED) is 0.785. The molecule has 0 atom stereocenters. The van der Waals surface area contributed by atoms with Crippen LogP contribution in [0.25, 0.3) is 0 Å². The Kier molecular flexibility index (Phi) is 5.76. The Balaban J connectivity index is 1.86. The summed E-state index contributed by atoms with van der Waals surface area (Å²) in [6, 6.07) is 7.70. The zero-order chi connectivity index (χ0) is 15.9. The number of anilines is 2. The molecule has 7 nitrogen and oxygen atoms in total. The molecule has 1 heterocycles. The van der Waals surface area contributed by atoms with E-state index in [0.29, 0.717) is 5.16 Å². The molecule has 0 aliphatic carbocycles. The Morgan fingerprint density at radius 1 is 1.32 bits per heavy atom. The summed E-state index contributed by atoms with van der Waals surface area (Å²) in [5.74, 6) is 0.202. The van der Waals surface area contributed by atoms with E-state index in [1.54, 1.807) is 4.68 Å². The normalized spacial score (nSPS) is 10.5. The number of aryl methyl sites for hydroxylation is 1. The monoisotopic (exact) mass is 320 g/mol. The van der Waals surface area contributed by atoms with Crippen LogP contribution < -0.4 is 10.2 Å². The molecule has 0 saturated heterocycles. The molecule has 2 aromatic rings. The summed E-state index contributed by atoms with van der Waals surface area (Å²) in [7, 11) is 3.95. The average molecular weight is 320 g/mol. The molecule has 22 heavy (non-hydrogen) atoms. The largest absolute Gasteiger partial charge is 0.378 e. The predicted molar refractivity (Wildman–Crippen MR) is 88.2 cm³/mol. The molecule has 1 amide bonds. The van der Waals surface area contributed by atoms with Crippen molar-refractivity contribution in [2.75, 3.05) is 30.1 Å². The van der Waals surface area contributed by atoms with Gasteiger partial charge in [0.1, 0.15) is 0 Å². The summed E-state index contributed by atoms with van der Waals surface area (Å²) in [5, 5.41) is 15.0. The molecule has 0 bridgehead atoms. The lowest BCUT2D eigenvalue weighted by Crippen LogP contribution is -2.15. The number of benzene rings is 1. The number of hydrogen-bond acceptors (Lipinski definition) is 6. The molecule has 1 N–H and O–H groups in total. The van der Waals surface area contributed by atoms with Crippen molar-refractivity contribution < 1.29 is 4.79 Å². The molecule has 118 valence electrons. The second kappa shape index (κ2) is 7.79. The van der Waals surface area contributed by atoms with Crippen molar-refractivity contribution in [2.24, 2.45) is 0 Å². The van der Waals surface area contributed by atoms with Crippen LogP contribution in [0, 0.1) is 0 Å². The molecular formula is C14H20N6OS. The average Bonchev–Trinajstić information content (AvgIpc) is 2.93. The molecule has 0 fully saturated rings. The van der Waals surface area contributed by atoms with E-state index in [1.807, 2.05) is 43.3 Å². The number of carbonyl (C=O) groups is 1. The van der Waals surface area contributed by atoms with Crippen LogP contribution in [-0.2, 0) is 11.3 Å². The molecule has 0 aliphatic heterocycles. The Morgan fingerprint density at radius 2 is 2.05 bits per heavy atom. The maximum atomic E-state index is 12.0. The van der Waals surface area contributed by atoms with Crippen molar-refractivity contribution in [1.82, 2.24) is 20.2 Å². The van der Waals surface area contributed by atoms with Gasteiger partial charge in [0.15, 0.2) is 0 Å². The summed E-state index contributed by atoms with van der Waals surface area (Å²) < 4.78 is 1.71. The van der Waals surface area contributed by atoms with Gasteiger partial charge in [0.25, 0.3) is 0 Å². The van der Waals surface area contributed by atoms with E-state index >= 15 is 0 Å². The highest BCUT2D eigenvalue weighted by atomic mass is 32.2. The second-order valence-electron chi connectivity index (χ2n) is 4.96. The first-order valence-electron chi connectivity index (χ1n) is 7.06. The molecule has 2 rings (SSSR count). The van der Waals surface area contributed by atoms with Gasteiger partial charge >= 0.3 is 0 Å². The Hall–Kier alpha value is -2.09. The lowest BCUT2D eigenvalue weighted by molar-refractivity contribution is -0.113. The number of nitrogens with zero attached hydrogens (tertiary/aromatic N) is 5. The number of rotatable bonds is 7. The van der Waals surface area contributed by atoms with Gasteiger partial charge < -0.3 is 10.2 Å². The van der Waals surface area contributed by atoms with Crippen molar-refractivity contribution in [3.05, 3.63) is 24.3 Å². The third-order valence-corrected chi connectivity index (χ3v) is 3.89. The van der Waals surface area contributed by atoms with Crippen LogP contribution >= 0.6 is 11.8 Å². The standard InChI is InChI=1S/C14H20N6OS/c1-4-9-20-14(16-17-18-20)22-10-13(21)15-11-5-7-12(8-6-11)19(2)3/h5-8H,4,9-10H2,1-3H3,(H,15,21). The van der Waals surface area contributed by atoms with Crippen LogP contribution in [0.15, 0.2) is 29.4 Å². The number of nitrogens with one attached hydrogen (secondary N) is 1. The highest BCUT2D eigenvalue weighted by Gasteiger charge is 2.09. The van der Waals surface area contributed by atoms with E-state index in [4.69, 9.17) is 0 Å². The lowest BCUT2D eigenvalue weighted by Gasteiger charge is -2.13. The number of carbonyl (C=O) groups excluding carboxylic acids is 1. The predicted octanol–water partition coefficient (Wildman–Crippen LogP) is 1.88. The van der Waals surface area contributed by atoms with Crippen molar-refractivity contribution in [3.8, 4) is 0 Å². The minimum Gasteiger partial charge on any atom is -0.378 e. The first-order chi connectivity index (χ1) is 10.6. The number of hydrogen-bond donors (Lipinski definition) is 1. The number of thioether (sulfide) groups is 1. The minimum absolute atomic E-state index is 0.0753. The van der Waals surface area contributed by atoms with Crippen LogP contribution in [0.4, 0.5) is 11.4 Å². The van der Waals surface area contributed by atoms with Crippen molar-refractivity contribution in [3.63, 3.8) is 0 Å². The second-order valence-corrected chi connectivity index (χ2v) is 5.91. The molecular weight excluding hydrogens is 300 g/mol. The molecule has 8 heteroatoms. The molecule has 0 aliphatic rings. The number of tetrazole rings is 1. The van der Waals surface area contributed by atoms with Gasteiger partial charge in [0, 0.05) is 32.0 Å². The molecule has 0 saturated carbocycles. The molecule has 1 aromatic carbocycles. The van der Waals surface area contributed by atoms with Crippen molar-refractivity contribution in [1.29, 1.82) is 0 Å². The van der Waals surface area contributed by atoms with Crippen LogP contribution in [0.3, 0.4) is 0 Å². The SMILES string of the molecule is CCCn1nnnc1SCC(=O)Nc1ccc(N(C)C)cc1. The van der Waals surface area contributed by atoms with Gasteiger partial charge in [-0.15, -0.1) is 5.10 Å². The molecule has 0 spiro atoms. The highest BCUT2D eigenvalue weighted by Crippen LogP contribution is 2.17. The minimum atomic E-state index is -0.0753. The molecule has 1 aromatic heterocycles. The fraction of sp³-hybridized carbons (Fsp3) is 0.429. The first-order valence-corrected chi connectivity index (χ1v) is 8.05. The van der Waals surface area contributed by atoms with Gasteiger partial charge in [-0.25, -0.2) is 4.68 Å². The topological polar surface area (TPSA) is 75.9 Å². The Morgan fingerprint density at radius 3 is 2.68 bits per heavy atom. The van der Waals surface area contributed by atoms with Crippen molar-refractivity contribution in [2.45, 2.75) is 25.0 Å². The summed E-state index contributed by atoms with van der Waals surface area (Å²) in [6.07, 6.45) is 0.947. The van der Waals surface area contributed by atoms with E-state index in [0.717, 1.165) is 24.3 Å². The first kappa shape index (κ1) is 16.3. The van der Waals surface area contributed by atoms with Gasteiger partial charge in [-0.1, -0.05) is 18.7 Å². The third-order valence-electron chi connectivity index (χ3n) is 2.93. The van der Waals surface area contributed by atoms with E-state index in [2.05, 4.69) is 27.8 Å². The maximum Gasteiger partial charge on any atom is 0.234 e. The summed E-state index contributed by atoms with van der Waals surface area (Å²) in [6.45, 7) is 2.81. The van der Waals surface area contributed by atoms with E-state index < -0.39 is 0 Å². The molecule has 0 unspecified atom stereocenters. The summed E-state index contributed by atoms with van der Waals surface area (Å²) in [5.41, 5.74) is 1.87. The summed E-state index contributed by atoms with van der Waals surface area (Å²) >= 11 is 1.34. The fourth-order valence-corrected chi connectivity index (χ4v) is 2.53. The fourth-order valence-electron chi connectivity index (χ4n) is 1.82.